The summed E-state index contributed by atoms with van der Waals surface area (Å²) in [6, 6.07) is 4.77. The number of hydrogen-bond donors (Lipinski definition) is 3. The van der Waals surface area contributed by atoms with E-state index in [0.717, 1.165) is 0 Å². The van der Waals surface area contributed by atoms with Gasteiger partial charge in [-0.15, -0.1) is 0 Å². The highest BCUT2D eigenvalue weighted by molar-refractivity contribution is 7.78. The highest BCUT2D eigenvalue weighted by Gasteiger charge is 2.13. The van der Waals surface area contributed by atoms with Gasteiger partial charge in [-0.3, -0.25) is 4.79 Å². The second-order valence-corrected chi connectivity index (χ2v) is 4.89. The highest BCUT2D eigenvalue weighted by Crippen LogP contribution is 2.27. The number of para-hydroxylation sites is 1. The third-order valence-electron chi connectivity index (χ3n) is 2.41. The second kappa shape index (κ2) is 7.88. The van der Waals surface area contributed by atoms with Crippen LogP contribution in [0.25, 0.3) is 0 Å². The van der Waals surface area contributed by atoms with E-state index in [1.165, 1.54) is 0 Å². The van der Waals surface area contributed by atoms with Crippen molar-refractivity contribution in [3.05, 3.63) is 23.8 Å². The van der Waals surface area contributed by atoms with Gasteiger partial charge in [-0.05, 0) is 18.9 Å². The maximum Gasteiger partial charge on any atom is 0.311 e. The van der Waals surface area contributed by atoms with E-state index in [-0.39, 0.29) is 30.2 Å². The molecule has 106 valence electrons. The van der Waals surface area contributed by atoms with Crippen molar-refractivity contribution in [1.82, 2.24) is 0 Å². The molecule has 0 aromatic heterocycles. The summed E-state index contributed by atoms with van der Waals surface area (Å²) in [5.74, 6) is -0.486. The van der Waals surface area contributed by atoms with Crippen molar-refractivity contribution in [1.29, 1.82) is 0 Å². The van der Waals surface area contributed by atoms with Crippen molar-refractivity contribution in [3.63, 3.8) is 0 Å². The number of rotatable bonds is 7. The molecule has 0 amide bonds. The molecule has 0 saturated heterocycles. The SMILES string of the molecule is Nc1cccc(CS(=O)O)c1OC(=O)CCCCO. The Balaban J connectivity index is 2.75. The summed E-state index contributed by atoms with van der Waals surface area (Å²) in [5, 5.41) is 8.62. The Bertz CT molecular complexity index is 463. The molecule has 1 atom stereocenters. The van der Waals surface area contributed by atoms with Crippen LogP contribution in [-0.4, -0.2) is 26.4 Å². The van der Waals surface area contributed by atoms with Crippen LogP contribution in [-0.2, 0) is 21.6 Å². The summed E-state index contributed by atoms with van der Waals surface area (Å²) in [6.07, 6.45) is 1.20. The van der Waals surface area contributed by atoms with E-state index >= 15 is 0 Å². The Morgan fingerprint density at radius 1 is 1.37 bits per heavy atom. The number of esters is 1. The Morgan fingerprint density at radius 2 is 2.11 bits per heavy atom. The van der Waals surface area contributed by atoms with Gasteiger partial charge >= 0.3 is 5.97 Å². The normalized spacial score (nSPS) is 12.1. The number of ether oxygens (including phenoxy) is 1. The molecule has 7 heteroatoms. The number of carbonyl (C=O) groups is 1. The summed E-state index contributed by atoms with van der Waals surface area (Å²) >= 11 is -2.04. The first kappa shape index (κ1) is 15.6. The van der Waals surface area contributed by atoms with Gasteiger partial charge in [-0.1, -0.05) is 12.1 Å². The summed E-state index contributed by atoms with van der Waals surface area (Å²) in [6.45, 7) is 0.0233. The number of aliphatic hydroxyl groups excluding tert-OH is 1. The molecule has 0 aliphatic rings. The molecule has 0 saturated carbocycles. The van der Waals surface area contributed by atoms with Crippen LogP contribution in [0.4, 0.5) is 5.69 Å². The molecule has 0 fully saturated rings. The van der Waals surface area contributed by atoms with E-state index < -0.39 is 17.0 Å². The maximum absolute atomic E-state index is 11.6. The van der Waals surface area contributed by atoms with Crippen LogP contribution in [0.15, 0.2) is 18.2 Å². The molecule has 4 N–H and O–H groups in total. The van der Waals surface area contributed by atoms with Crippen molar-refractivity contribution < 1.29 is 23.4 Å². The van der Waals surface area contributed by atoms with Crippen LogP contribution in [0.5, 0.6) is 5.75 Å². The molecular formula is C12H17NO5S. The van der Waals surface area contributed by atoms with Crippen molar-refractivity contribution in [2.75, 3.05) is 12.3 Å². The predicted octanol–water partition coefficient (Wildman–Crippen LogP) is 1.06. The quantitative estimate of drug-likeness (QED) is 0.227. The summed E-state index contributed by atoms with van der Waals surface area (Å²) in [7, 11) is 0. The second-order valence-electron chi connectivity index (χ2n) is 3.96. The molecule has 1 aromatic carbocycles. The van der Waals surface area contributed by atoms with Gasteiger partial charge < -0.3 is 20.1 Å². The van der Waals surface area contributed by atoms with Crippen LogP contribution in [0.2, 0.25) is 0 Å². The Hall–Kier alpha value is -1.44. The third-order valence-corrected chi connectivity index (χ3v) is 2.97. The number of nitrogens with two attached hydrogens (primary N) is 1. The fourth-order valence-corrected chi connectivity index (χ4v) is 2.02. The molecule has 1 rings (SSSR count). The lowest BCUT2D eigenvalue weighted by Gasteiger charge is -2.11. The first-order chi connectivity index (χ1) is 9.04. The van der Waals surface area contributed by atoms with Crippen LogP contribution < -0.4 is 10.5 Å². The predicted molar refractivity (Wildman–Crippen MR) is 71.9 cm³/mol. The number of anilines is 1. The molecule has 0 radical (unpaired) electrons. The van der Waals surface area contributed by atoms with Crippen molar-refractivity contribution in [3.8, 4) is 5.75 Å². The van der Waals surface area contributed by atoms with Gasteiger partial charge in [0.1, 0.15) is 0 Å². The van der Waals surface area contributed by atoms with Gasteiger partial charge in [0.2, 0.25) is 0 Å². The van der Waals surface area contributed by atoms with E-state index in [0.29, 0.717) is 18.4 Å². The van der Waals surface area contributed by atoms with Crippen LogP contribution in [0.1, 0.15) is 24.8 Å². The first-order valence-corrected chi connectivity index (χ1v) is 7.08. The average Bonchev–Trinajstić information content (AvgIpc) is 2.33. The van der Waals surface area contributed by atoms with E-state index in [9.17, 15) is 9.00 Å². The molecule has 6 nitrogen and oxygen atoms in total. The minimum Gasteiger partial charge on any atom is -0.424 e. The van der Waals surface area contributed by atoms with Gasteiger partial charge in [0, 0.05) is 18.6 Å². The number of benzene rings is 1. The van der Waals surface area contributed by atoms with E-state index in [1.54, 1.807) is 18.2 Å². The monoisotopic (exact) mass is 287 g/mol. The van der Waals surface area contributed by atoms with Gasteiger partial charge in [0.15, 0.2) is 16.8 Å². The molecule has 0 spiro atoms. The van der Waals surface area contributed by atoms with Crippen molar-refractivity contribution >= 4 is 22.7 Å². The molecule has 0 aliphatic carbocycles. The number of aliphatic hydroxyl groups is 1. The average molecular weight is 287 g/mol. The Labute approximate surface area is 113 Å². The highest BCUT2D eigenvalue weighted by atomic mass is 32.2. The van der Waals surface area contributed by atoms with Gasteiger partial charge in [0.05, 0.1) is 11.4 Å². The minimum atomic E-state index is -2.04. The Morgan fingerprint density at radius 3 is 2.74 bits per heavy atom. The molecule has 0 heterocycles. The van der Waals surface area contributed by atoms with E-state index in [1.807, 2.05) is 0 Å². The minimum absolute atomic E-state index is 0.0233. The lowest BCUT2D eigenvalue weighted by molar-refractivity contribution is -0.134. The molecule has 1 aromatic rings. The number of carbonyl (C=O) groups excluding carboxylic acids is 1. The standard InChI is InChI=1S/C12H17NO5S/c13-10-5-3-4-9(8-19(16)17)12(10)18-11(15)6-1-2-7-14/h3-5,14H,1-2,6-8,13H2,(H,16,17). The fraction of sp³-hybridized carbons (Fsp3) is 0.417. The number of unbranched alkanes of at least 4 members (excludes halogenated alkanes) is 1. The topological polar surface area (TPSA) is 110 Å². The zero-order valence-electron chi connectivity index (χ0n) is 10.4. The van der Waals surface area contributed by atoms with E-state index in [4.69, 9.17) is 20.1 Å². The fourth-order valence-electron chi connectivity index (χ4n) is 1.52. The zero-order valence-corrected chi connectivity index (χ0v) is 11.2. The Kier molecular flexibility index (Phi) is 6.48. The molecular weight excluding hydrogens is 270 g/mol. The van der Waals surface area contributed by atoms with Crippen LogP contribution in [0, 0.1) is 0 Å². The lowest BCUT2D eigenvalue weighted by Crippen LogP contribution is -2.11. The molecule has 1 unspecified atom stereocenters. The summed E-state index contributed by atoms with van der Waals surface area (Å²) < 4.78 is 24.9. The van der Waals surface area contributed by atoms with Gasteiger partial charge in [-0.2, -0.15) is 0 Å². The zero-order chi connectivity index (χ0) is 14.3. The maximum atomic E-state index is 11.6. The van der Waals surface area contributed by atoms with Gasteiger partial charge in [0.25, 0.3) is 0 Å². The molecule has 0 bridgehead atoms. The number of hydrogen-bond acceptors (Lipinski definition) is 5. The van der Waals surface area contributed by atoms with Crippen molar-refractivity contribution in [2.24, 2.45) is 0 Å². The largest absolute Gasteiger partial charge is 0.424 e. The molecule has 19 heavy (non-hydrogen) atoms. The smallest absolute Gasteiger partial charge is 0.311 e. The lowest BCUT2D eigenvalue weighted by atomic mass is 10.2. The number of nitrogen functional groups attached to an aromatic ring is 1. The van der Waals surface area contributed by atoms with Crippen LogP contribution >= 0.6 is 0 Å². The van der Waals surface area contributed by atoms with Gasteiger partial charge in [-0.25, -0.2) is 4.21 Å². The third kappa shape index (κ3) is 5.37. The first-order valence-electron chi connectivity index (χ1n) is 5.81. The summed E-state index contributed by atoms with van der Waals surface area (Å²) in [4.78, 5) is 11.6. The molecule has 0 aliphatic heterocycles. The van der Waals surface area contributed by atoms with E-state index in [2.05, 4.69) is 0 Å². The summed E-state index contributed by atoms with van der Waals surface area (Å²) in [5.41, 5.74) is 6.36. The van der Waals surface area contributed by atoms with Crippen molar-refractivity contribution in [2.45, 2.75) is 25.0 Å². The van der Waals surface area contributed by atoms with Crippen LogP contribution in [0.3, 0.4) is 0 Å².